The topological polar surface area (TPSA) is 41.1 Å². The van der Waals surface area contributed by atoms with Gasteiger partial charge >= 0.3 is 0 Å². The molecular weight excluding hydrogens is 296 g/mol. The fourth-order valence-electron chi connectivity index (χ4n) is 2.75. The molecule has 0 fully saturated rings. The molecule has 1 aliphatic rings. The van der Waals surface area contributed by atoms with Crippen molar-refractivity contribution in [2.45, 2.75) is 32.6 Å². The molecule has 3 nitrogen and oxygen atoms in total. The van der Waals surface area contributed by atoms with E-state index in [1.165, 1.54) is 11.1 Å². The lowest BCUT2D eigenvalue weighted by Crippen LogP contribution is -2.31. The molecule has 0 bridgehead atoms. The van der Waals surface area contributed by atoms with Crippen LogP contribution in [-0.4, -0.2) is 25.5 Å². The van der Waals surface area contributed by atoms with E-state index >= 15 is 0 Å². The molecule has 22 heavy (non-hydrogen) atoms. The Morgan fingerprint density at radius 1 is 1.27 bits per heavy atom. The summed E-state index contributed by atoms with van der Waals surface area (Å²) in [5, 5.41) is 6.35. The third-order valence-corrected chi connectivity index (χ3v) is 4.11. The van der Waals surface area contributed by atoms with Gasteiger partial charge in [0.15, 0.2) is 0 Å². The maximum atomic E-state index is 12.2. The molecule has 0 radical (unpaired) electrons. The molecule has 0 saturated heterocycles. The summed E-state index contributed by atoms with van der Waals surface area (Å²) >= 11 is 0. The highest BCUT2D eigenvalue weighted by molar-refractivity contribution is 5.85. The first-order chi connectivity index (χ1) is 10.2. The predicted molar refractivity (Wildman–Crippen MR) is 94.5 cm³/mol. The van der Waals surface area contributed by atoms with E-state index in [0.717, 1.165) is 19.5 Å². The summed E-state index contributed by atoms with van der Waals surface area (Å²) in [4.78, 5) is 12.2. The van der Waals surface area contributed by atoms with Gasteiger partial charge in [-0.3, -0.25) is 4.79 Å². The van der Waals surface area contributed by atoms with E-state index in [1.807, 2.05) is 18.2 Å². The molecule has 1 aromatic carbocycles. The van der Waals surface area contributed by atoms with E-state index in [2.05, 4.69) is 42.7 Å². The molecule has 1 aliphatic heterocycles. The maximum absolute atomic E-state index is 12.2. The molecule has 0 spiro atoms. The molecule has 2 rings (SSSR count). The lowest BCUT2D eigenvalue weighted by Gasteiger charge is -2.21. The van der Waals surface area contributed by atoms with Crippen molar-refractivity contribution >= 4 is 18.3 Å². The molecule has 1 amide bonds. The molecule has 1 heterocycles. The van der Waals surface area contributed by atoms with Gasteiger partial charge in [0.05, 0.1) is 0 Å². The van der Waals surface area contributed by atoms with Crippen LogP contribution >= 0.6 is 12.4 Å². The van der Waals surface area contributed by atoms with E-state index in [-0.39, 0.29) is 24.2 Å². The van der Waals surface area contributed by atoms with Crippen LogP contribution in [0.2, 0.25) is 0 Å². The Kier molecular flexibility index (Phi) is 8.21. The van der Waals surface area contributed by atoms with Crippen LogP contribution in [0.4, 0.5) is 0 Å². The Bertz CT molecular complexity index is 485. The number of benzene rings is 1. The molecule has 1 atom stereocenters. The van der Waals surface area contributed by atoms with E-state index in [0.29, 0.717) is 18.9 Å². The van der Waals surface area contributed by atoms with E-state index in [1.54, 1.807) is 0 Å². The van der Waals surface area contributed by atoms with E-state index in [9.17, 15) is 4.79 Å². The van der Waals surface area contributed by atoms with Crippen LogP contribution in [0.15, 0.2) is 42.0 Å². The largest absolute Gasteiger partial charge is 0.352 e. The molecule has 0 aliphatic carbocycles. The van der Waals surface area contributed by atoms with Gasteiger partial charge in [-0.15, -0.1) is 12.4 Å². The number of carbonyl (C=O) groups is 1. The van der Waals surface area contributed by atoms with Crippen LogP contribution in [0.5, 0.6) is 0 Å². The van der Waals surface area contributed by atoms with Gasteiger partial charge in [-0.25, -0.2) is 0 Å². The molecule has 0 aromatic heterocycles. The molecule has 2 N–H and O–H groups in total. The van der Waals surface area contributed by atoms with Crippen LogP contribution in [0.1, 0.15) is 38.2 Å². The Morgan fingerprint density at radius 3 is 2.59 bits per heavy atom. The first-order valence-corrected chi connectivity index (χ1v) is 7.87. The molecule has 1 aromatic rings. The number of carbonyl (C=O) groups excluding carboxylic acids is 1. The molecule has 122 valence electrons. The van der Waals surface area contributed by atoms with Gasteiger partial charge in [0, 0.05) is 19.5 Å². The average Bonchev–Trinajstić information content (AvgIpc) is 2.52. The minimum atomic E-state index is 0. The second-order valence-corrected chi connectivity index (χ2v) is 6.06. The van der Waals surface area contributed by atoms with Gasteiger partial charge in [0.25, 0.3) is 0 Å². The van der Waals surface area contributed by atoms with Gasteiger partial charge in [0.1, 0.15) is 0 Å². The molecular formula is C18H27ClN2O. The lowest BCUT2D eigenvalue weighted by molar-refractivity contribution is -0.121. The standard InChI is InChI=1S/C18H26N2O.ClH/c1-14(2)17(16-6-4-3-5-7-16)12-18(21)20-13-15-8-10-19-11-9-15;/h3-8,14,17,19H,9-13H2,1-2H3,(H,20,21);1H. The SMILES string of the molecule is CC(C)C(CC(=O)NCC1=CCNCC1)c1ccccc1.Cl. The smallest absolute Gasteiger partial charge is 0.220 e. The number of rotatable bonds is 6. The van der Waals surface area contributed by atoms with Crippen LogP contribution in [0.25, 0.3) is 0 Å². The normalized spacial score (nSPS) is 15.7. The highest BCUT2D eigenvalue weighted by atomic mass is 35.5. The van der Waals surface area contributed by atoms with Gasteiger partial charge in [0.2, 0.25) is 5.91 Å². The number of hydrogen-bond acceptors (Lipinski definition) is 2. The fourth-order valence-corrected chi connectivity index (χ4v) is 2.75. The van der Waals surface area contributed by atoms with Crippen molar-refractivity contribution in [3.63, 3.8) is 0 Å². The zero-order chi connectivity index (χ0) is 15.1. The Balaban J connectivity index is 0.00000242. The second kappa shape index (κ2) is 9.65. The van der Waals surface area contributed by atoms with Crippen molar-refractivity contribution in [2.75, 3.05) is 19.6 Å². The van der Waals surface area contributed by atoms with Crippen molar-refractivity contribution in [3.8, 4) is 0 Å². The minimum Gasteiger partial charge on any atom is -0.352 e. The summed E-state index contributed by atoms with van der Waals surface area (Å²) in [6.45, 7) is 6.99. The van der Waals surface area contributed by atoms with Gasteiger partial charge in [-0.05, 0) is 30.4 Å². The fraction of sp³-hybridized carbons (Fsp3) is 0.500. The minimum absolute atomic E-state index is 0. The predicted octanol–water partition coefficient (Wildman–Crippen LogP) is 3.27. The summed E-state index contributed by atoms with van der Waals surface area (Å²) in [6.07, 6.45) is 3.78. The summed E-state index contributed by atoms with van der Waals surface area (Å²) < 4.78 is 0. The van der Waals surface area contributed by atoms with Gasteiger partial charge in [-0.1, -0.05) is 55.8 Å². The average molecular weight is 323 g/mol. The number of hydrogen-bond donors (Lipinski definition) is 2. The first-order valence-electron chi connectivity index (χ1n) is 7.87. The van der Waals surface area contributed by atoms with Gasteiger partial charge < -0.3 is 10.6 Å². The summed E-state index contributed by atoms with van der Waals surface area (Å²) in [5.74, 6) is 0.890. The van der Waals surface area contributed by atoms with Crippen LogP contribution in [-0.2, 0) is 4.79 Å². The maximum Gasteiger partial charge on any atom is 0.220 e. The van der Waals surface area contributed by atoms with E-state index < -0.39 is 0 Å². The highest BCUT2D eigenvalue weighted by Gasteiger charge is 2.19. The lowest BCUT2D eigenvalue weighted by atomic mass is 9.85. The monoisotopic (exact) mass is 322 g/mol. The third-order valence-electron chi connectivity index (χ3n) is 4.11. The zero-order valence-electron chi connectivity index (χ0n) is 13.5. The molecule has 1 unspecified atom stereocenters. The van der Waals surface area contributed by atoms with Crippen LogP contribution in [0.3, 0.4) is 0 Å². The summed E-state index contributed by atoms with van der Waals surface area (Å²) in [5.41, 5.74) is 2.59. The Labute approximate surface area is 140 Å². The van der Waals surface area contributed by atoms with Crippen LogP contribution < -0.4 is 10.6 Å². The number of nitrogens with one attached hydrogen (secondary N) is 2. The number of amides is 1. The van der Waals surface area contributed by atoms with Crippen molar-refractivity contribution < 1.29 is 4.79 Å². The summed E-state index contributed by atoms with van der Waals surface area (Å²) in [6, 6.07) is 10.3. The van der Waals surface area contributed by atoms with Crippen molar-refractivity contribution in [1.82, 2.24) is 10.6 Å². The quantitative estimate of drug-likeness (QED) is 0.789. The Morgan fingerprint density at radius 2 is 2.00 bits per heavy atom. The number of halogens is 1. The van der Waals surface area contributed by atoms with Crippen molar-refractivity contribution in [3.05, 3.63) is 47.5 Å². The first kappa shape index (κ1) is 18.7. The summed E-state index contributed by atoms with van der Waals surface area (Å²) in [7, 11) is 0. The third kappa shape index (κ3) is 5.82. The molecule has 0 saturated carbocycles. The molecule has 4 heteroatoms. The zero-order valence-corrected chi connectivity index (χ0v) is 14.3. The van der Waals surface area contributed by atoms with E-state index in [4.69, 9.17) is 0 Å². The Hall–Kier alpha value is -1.32. The van der Waals surface area contributed by atoms with Crippen molar-refractivity contribution in [1.29, 1.82) is 0 Å². The second-order valence-electron chi connectivity index (χ2n) is 6.06. The van der Waals surface area contributed by atoms with Crippen LogP contribution in [0, 0.1) is 5.92 Å². The van der Waals surface area contributed by atoms with Gasteiger partial charge in [-0.2, -0.15) is 0 Å². The van der Waals surface area contributed by atoms with Crippen molar-refractivity contribution in [2.24, 2.45) is 5.92 Å². The highest BCUT2D eigenvalue weighted by Crippen LogP contribution is 2.27.